The van der Waals surface area contributed by atoms with Crippen LogP contribution < -0.4 is 10.6 Å². The van der Waals surface area contributed by atoms with Gasteiger partial charge in [0.15, 0.2) is 5.65 Å². The van der Waals surface area contributed by atoms with Crippen molar-refractivity contribution in [3.63, 3.8) is 0 Å². The lowest BCUT2D eigenvalue weighted by atomic mass is 9.95. The van der Waals surface area contributed by atoms with E-state index in [1.165, 1.54) is 18.5 Å². The van der Waals surface area contributed by atoms with E-state index in [1.807, 2.05) is 13.2 Å². The van der Waals surface area contributed by atoms with Crippen LogP contribution in [-0.4, -0.2) is 34.5 Å². The SMILES string of the molecule is CCc1nc2cnc(C3CCNCC3)cn2c1NC. The number of rotatable bonds is 3. The second kappa shape index (κ2) is 5.17. The Hall–Kier alpha value is -1.62. The molecular formula is C14H21N5. The Kier molecular flexibility index (Phi) is 3.38. The van der Waals surface area contributed by atoms with Crippen molar-refractivity contribution in [3.8, 4) is 0 Å². The van der Waals surface area contributed by atoms with Crippen LogP contribution in [0.3, 0.4) is 0 Å². The van der Waals surface area contributed by atoms with Crippen LogP contribution >= 0.6 is 0 Å². The molecule has 0 aliphatic carbocycles. The molecule has 0 aromatic carbocycles. The Morgan fingerprint density at radius 1 is 1.42 bits per heavy atom. The third-order valence-electron chi connectivity index (χ3n) is 3.93. The maximum absolute atomic E-state index is 4.61. The number of piperidine rings is 1. The van der Waals surface area contributed by atoms with Gasteiger partial charge in [-0.25, -0.2) is 4.98 Å². The van der Waals surface area contributed by atoms with Crippen LogP contribution in [0, 0.1) is 0 Å². The molecule has 0 atom stereocenters. The molecule has 2 aromatic rings. The number of hydrogen-bond donors (Lipinski definition) is 2. The summed E-state index contributed by atoms with van der Waals surface area (Å²) < 4.78 is 2.14. The molecule has 0 spiro atoms. The third kappa shape index (κ3) is 2.18. The van der Waals surface area contributed by atoms with Crippen molar-refractivity contribution >= 4 is 11.5 Å². The zero-order valence-electron chi connectivity index (χ0n) is 11.6. The third-order valence-corrected chi connectivity index (χ3v) is 3.93. The maximum Gasteiger partial charge on any atom is 0.157 e. The van der Waals surface area contributed by atoms with Gasteiger partial charge in [-0.2, -0.15) is 0 Å². The van der Waals surface area contributed by atoms with Gasteiger partial charge in [0.05, 0.1) is 17.6 Å². The minimum Gasteiger partial charge on any atom is -0.373 e. The molecule has 5 heteroatoms. The summed E-state index contributed by atoms with van der Waals surface area (Å²) in [7, 11) is 1.95. The van der Waals surface area contributed by atoms with Crippen LogP contribution in [0.5, 0.6) is 0 Å². The van der Waals surface area contributed by atoms with Crippen LogP contribution in [0.2, 0.25) is 0 Å². The largest absolute Gasteiger partial charge is 0.373 e. The van der Waals surface area contributed by atoms with Crippen molar-refractivity contribution in [1.82, 2.24) is 19.7 Å². The first-order valence-corrected chi connectivity index (χ1v) is 7.08. The number of anilines is 1. The Morgan fingerprint density at radius 3 is 2.89 bits per heavy atom. The molecule has 1 saturated heterocycles. The molecule has 3 heterocycles. The molecule has 1 aliphatic heterocycles. The summed E-state index contributed by atoms with van der Waals surface area (Å²) in [5.74, 6) is 1.66. The van der Waals surface area contributed by atoms with E-state index in [-0.39, 0.29) is 0 Å². The van der Waals surface area contributed by atoms with Crippen molar-refractivity contribution < 1.29 is 0 Å². The molecular weight excluding hydrogens is 238 g/mol. The standard InChI is InChI=1S/C14H21N5/c1-3-11-14(15-2)19-9-12(17-8-13(19)18-11)10-4-6-16-7-5-10/h8-10,15-16H,3-7H2,1-2H3. The van der Waals surface area contributed by atoms with Gasteiger partial charge in [-0.05, 0) is 32.4 Å². The predicted molar refractivity (Wildman–Crippen MR) is 76.8 cm³/mol. The van der Waals surface area contributed by atoms with Gasteiger partial charge in [0.25, 0.3) is 0 Å². The molecule has 0 radical (unpaired) electrons. The van der Waals surface area contributed by atoms with Gasteiger partial charge in [-0.1, -0.05) is 6.92 Å². The van der Waals surface area contributed by atoms with Crippen LogP contribution in [0.1, 0.15) is 37.1 Å². The molecule has 0 bridgehead atoms. The molecule has 1 fully saturated rings. The molecule has 19 heavy (non-hydrogen) atoms. The van der Waals surface area contributed by atoms with Crippen LogP contribution in [0.15, 0.2) is 12.4 Å². The normalized spacial score (nSPS) is 16.9. The first kappa shape index (κ1) is 12.4. The fourth-order valence-electron chi connectivity index (χ4n) is 2.86. The van der Waals surface area contributed by atoms with E-state index in [4.69, 9.17) is 0 Å². The molecule has 102 valence electrons. The summed E-state index contributed by atoms with van der Waals surface area (Å²) in [4.78, 5) is 9.23. The zero-order valence-corrected chi connectivity index (χ0v) is 11.6. The average Bonchev–Trinajstić information content (AvgIpc) is 2.84. The first-order valence-electron chi connectivity index (χ1n) is 7.08. The topological polar surface area (TPSA) is 54.2 Å². The van der Waals surface area contributed by atoms with Crippen LogP contribution in [0.4, 0.5) is 5.82 Å². The molecule has 1 aliphatic rings. The Bertz CT molecular complexity index is 568. The molecule has 0 amide bonds. The summed E-state index contributed by atoms with van der Waals surface area (Å²) in [5, 5.41) is 6.66. The Labute approximate surface area is 113 Å². The molecule has 5 nitrogen and oxygen atoms in total. The van der Waals surface area contributed by atoms with Crippen molar-refractivity contribution in [2.24, 2.45) is 0 Å². The van der Waals surface area contributed by atoms with Crippen LogP contribution in [0.25, 0.3) is 5.65 Å². The van der Waals surface area contributed by atoms with E-state index in [9.17, 15) is 0 Å². The average molecular weight is 259 g/mol. The molecule has 0 unspecified atom stereocenters. The first-order chi connectivity index (χ1) is 9.33. The highest BCUT2D eigenvalue weighted by Gasteiger charge is 2.18. The van der Waals surface area contributed by atoms with Gasteiger partial charge in [0, 0.05) is 19.2 Å². The zero-order chi connectivity index (χ0) is 13.2. The second-order valence-corrected chi connectivity index (χ2v) is 5.08. The Morgan fingerprint density at radius 2 is 2.21 bits per heavy atom. The van der Waals surface area contributed by atoms with Gasteiger partial charge in [-0.15, -0.1) is 0 Å². The Balaban J connectivity index is 2.03. The van der Waals surface area contributed by atoms with Crippen molar-refractivity contribution in [2.75, 3.05) is 25.5 Å². The van der Waals surface area contributed by atoms with Gasteiger partial charge < -0.3 is 10.6 Å². The van der Waals surface area contributed by atoms with E-state index >= 15 is 0 Å². The molecule has 2 aromatic heterocycles. The van der Waals surface area contributed by atoms with Gasteiger partial charge >= 0.3 is 0 Å². The minimum absolute atomic E-state index is 0.572. The minimum atomic E-state index is 0.572. The fraction of sp³-hybridized carbons (Fsp3) is 0.571. The lowest BCUT2D eigenvalue weighted by Gasteiger charge is -2.22. The summed E-state index contributed by atoms with van der Waals surface area (Å²) in [6.07, 6.45) is 7.33. The van der Waals surface area contributed by atoms with Gasteiger partial charge in [0.1, 0.15) is 5.82 Å². The summed E-state index contributed by atoms with van der Waals surface area (Å²) in [6, 6.07) is 0. The van der Waals surface area contributed by atoms with E-state index < -0.39 is 0 Å². The van der Waals surface area contributed by atoms with Gasteiger partial charge in [-0.3, -0.25) is 9.38 Å². The van der Waals surface area contributed by atoms with Crippen molar-refractivity contribution in [3.05, 3.63) is 23.8 Å². The van der Waals surface area contributed by atoms with E-state index in [1.54, 1.807) is 0 Å². The highest BCUT2D eigenvalue weighted by Crippen LogP contribution is 2.25. The van der Waals surface area contributed by atoms with E-state index in [2.05, 4.69) is 38.1 Å². The summed E-state index contributed by atoms with van der Waals surface area (Å²) in [6.45, 7) is 4.31. The molecule has 3 rings (SSSR count). The lowest BCUT2D eigenvalue weighted by Crippen LogP contribution is -2.27. The summed E-state index contributed by atoms with van der Waals surface area (Å²) >= 11 is 0. The lowest BCUT2D eigenvalue weighted by molar-refractivity contribution is 0.452. The number of imidazole rings is 1. The molecule has 2 N–H and O–H groups in total. The van der Waals surface area contributed by atoms with Crippen molar-refractivity contribution in [2.45, 2.75) is 32.1 Å². The summed E-state index contributed by atoms with van der Waals surface area (Å²) in [5.41, 5.74) is 3.22. The fourth-order valence-corrected chi connectivity index (χ4v) is 2.86. The number of hydrogen-bond acceptors (Lipinski definition) is 4. The van der Waals surface area contributed by atoms with Gasteiger partial charge in [0.2, 0.25) is 0 Å². The number of aryl methyl sites for hydroxylation is 1. The number of fused-ring (bicyclic) bond motifs is 1. The quantitative estimate of drug-likeness (QED) is 0.882. The highest BCUT2D eigenvalue weighted by molar-refractivity contribution is 5.54. The number of nitrogens with one attached hydrogen (secondary N) is 2. The van der Waals surface area contributed by atoms with E-state index in [0.717, 1.165) is 36.7 Å². The number of aromatic nitrogens is 3. The highest BCUT2D eigenvalue weighted by atomic mass is 15.1. The second-order valence-electron chi connectivity index (χ2n) is 5.08. The van der Waals surface area contributed by atoms with E-state index in [0.29, 0.717) is 5.92 Å². The monoisotopic (exact) mass is 259 g/mol. The molecule has 0 saturated carbocycles. The van der Waals surface area contributed by atoms with Crippen molar-refractivity contribution in [1.29, 1.82) is 0 Å². The number of nitrogens with zero attached hydrogens (tertiary/aromatic N) is 3. The smallest absolute Gasteiger partial charge is 0.157 e. The maximum atomic E-state index is 4.61. The predicted octanol–water partition coefficient (Wildman–Crippen LogP) is 1.80. The van der Waals surface area contributed by atoms with Crippen LogP contribution in [-0.2, 0) is 6.42 Å².